The Morgan fingerprint density at radius 3 is 2.25 bits per heavy atom. The van der Waals surface area contributed by atoms with Crippen LogP contribution in [0.15, 0.2) is 72.8 Å². The Morgan fingerprint density at radius 1 is 0.958 bits per heavy atom. The van der Waals surface area contributed by atoms with E-state index in [4.69, 9.17) is 0 Å². The van der Waals surface area contributed by atoms with E-state index in [0.29, 0.717) is 0 Å². The van der Waals surface area contributed by atoms with Crippen molar-refractivity contribution in [1.82, 2.24) is 0 Å². The van der Waals surface area contributed by atoms with E-state index in [2.05, 4.69) is 93.6 Å². The van der Waals surface area contributed by atoms with E-state index in [1.54, 1.807) is 0 Å². The first kappa shape index (κ1) is 18.4. The molecule has 124 valence electrons. The first-order chi connectivity index (χ1) is 11.7. The van der Waals surface area contributed by atoms with Gasteiger partial charge in [-0.25, -0.2) is 0 Å². The Kier molecular flexibility index (Phi) is 7.72. The van der Waals surface area contributed by atoms with E-state index >= 15 is 0 Å². The van der Waals surface area contributed by atoms with E-state index in [1.807, 2.05) is 0 Å². The molecule has 0 aromatic heterocycles. The summed E-state index contributed by atoms with van der Waals surface area (Å²) < 4.78 is 0. The van der Waals surface area contributed by atoms with Crippen LogP contribution in [-0.4, -0.2) is 11.5 Å². The second-order valence-corrected chi connectivity index (χ2v) is 7.37. The average molecular weight is 334 g/mol. The number of benzene rings is 2. The molecule has 0 heterocycles. The van der Waals surface area contributed by atoms with Crippen molar-refractivity contribution in [3.63, 3.8) is 0 Å². The molecule has 0 bridgehead atoms. The van der Waals surface area contributed by atoms with Gasteiger partial charge in [0.05, 0.1) is 0 Å². The summed E-state index contributed by atoms with van der Waals surface area (Å²) in [5.41, 5.74) is 5.39. The van der Waals surface area contributed by atoms with Gasteiger partial charge in [-0.1, -0.05) is 79.7 Å². The van der Waals surface area contributed by atoms with Gasteiger partial charge in [-0.3, -0.25) is 0 Å². The third-order valence-corrected chi connectivity index (χ3v) is 5.32. The molecule has 2 aromatic rings. The molecule has 24 heavy (non-hydrogen) atoms. The minimum atomic E-state index is 0.992. The third-order valence-electron chi connectivity index (χ3n) is 3.93. The fraction of sp³-hybridized carbons (Fsp3) is 0.261. The largest absolute Gasteiger partial charge is 0.101 e. The van der Waals surface area contributed by atoms with Crippen molar-refractivity contribution in [2.75, 3.05) is 6.16 Å². The maximum atomic E-state index is 2.26. The normalized spacial score (nSPS) is 12.8. The van der Waals surface area contributed by atoms with Gasteiger partial charge in [0.25, 0.3) is 0 Å². The molecular formula is C23H27P. The van der Waals surface area contributed by atoms with Crippen molar-refractivity contribution in [3.05, 3.63) is 89.5 Å². The Labute approximate surface area is 148 Å². The fourth-order valence-corrected chi connectivity index (χ4v) is 3.55. The van der Waals surface area contributed by atoms with Gasteiger partial charge >= 0.3 is 0 Å². The maximum absolute atomic E-state index is 2.26. The van der Waals surface area contributed by atoms with Gasteiger partial charge in [-0.2, -0.15) is 0 Å². The summed E-state index contributed by atoms with van der Waals surface area (Å²) >= 11 is 0. The van der Waals surface area contributed by atoms with Crippen molar-refractivity contribution in [3.8, 4) is 0 Å². The smallest absolute Gasteiger partial charge is 0.00258 e. The van der Waals surface area contributed by atoms with Gasteiger partial charge in [0.15, 0.2) is 0 Å². The molecule has 1 heteroatoms. The lowest BCUT2D eigenvalue weighted by Crippen LogP contribution is -1.96. The molecule has 0 amide bonds. The number of rotatable bonds is 7. The standard InChI is InChI=1S/C23H27P/c1-4-6-12-23(19(3)24-17-5-2)22-15-13-21(14-16-22)18-20-10-8-7-9-11-20/h4,6-16H,5,17-18H2,1-3H3/b6-4-,23-12+. The zero-order chi connectivity index (χ0) is 17.2. The molecule has 0 aliphatic carbocycles. The number of allylic oxidation sites excluding steroid dienone is 4. The maximum Gasteiger partial charge on any atom is -0.00258 e. The van der Waals surface area contributed by atoms with E-state index < -0.39 is 0 Å². The zero-order valence-corrected chi connectivity index (χ0v) is 15.9. The van der Waals surface area contributed by atoms with E-state index in [9.17, 15) is 0 Å². The lowest BCUT2D eigenvalue weighted by Gasteiger charge is -2.09. The van der Waals surface area contributed by atoms with Crippen LogP contribution in [-0.2, 0) is 6.42 Å². The third kappa shape index (κ3) is 5.62. The lowest BCUT2D eigenvalue weighted by molar-refractivity contribution is 1.11. The molecule has 0 saturated heterocycles. The van der Waals surface area contributed by atoms with Crippen LogP contribution in [0.25, 0.3) is 5.57 Å². The fourth-order valence-electron chi connectivity index (χ4n) is 2.62. The van der Waals surface area contributed by atoms with Crippen molar-refractivity contribution in [2.24, 2.45) is 0 Å². The molecule has 2 aromatic carbocycles. The summed E-state index contributed by atoms with van der Waals surface area (Å²) in [6.45, 7) is 6.56. The Bertz CT molecular complexity index is 703. The molecule has 0 fully saturated rings. The molecule has 0 atom stereocenters. The first-order valence-corrected chi connectivity index (χ1v) is 9.80. The van der Waals surface area contributed by atoms with Crippen LogP contribution in [0.3, 0.4) is 0 Å². The summed E-state index contributed by atoms with van der Waals surface area (Å²) in [5.74, 6) is 0. The van der Waals surface area contributed by atoms with Crippen LogP contribution >= 0.6 is 8.20 Å². The Balaban J connectivity index is 2.22. The topological polar surface area (TPSA) is 0 Å². The second-order valence-electron chi connectivity index (χ2n) is 5.93. The van der Waals surface area contributed by atoms with Crippen LogP contribution in [0.4, 0.5) is 0 Å². The first-order valence-electron chi connectivity index (χ1n) is 8.72. The highest BCUT2D eigenvalue weighted by Gasteiger charge is 2.04. The SMILES string of the molecule is C/C=C\C=C(/C(C)=PCCC)c1ccc(Cc2ccccc2)cc1. The van der Waals surface area contributed by atoms with Crippen molar-refractivity contribution in [2.45, 2.75) is 33.6 Å². The van der Waals surface area contributed by atoms with Crippen molar-refractivity contribution >= 4 is 19.1 Å². The van der Waals surface area contributed by atoms with E-state index in [1.165, 1.54) is 48.3 Å². The minimum absolute atomic E-state index is 0.992. The van der Waals surface area contributed by atoms with E-state index in [-0.39, 0.29) is 0 Å². The zero-order valence-electron chi connectivity index (χ0n) is 15.0. The summed E-state index contributed by atoms with van der Waals surface area (Å²) in [7, 11) is 1.43. The molecule has 2 rings (SSSR count). The van der Waals surface area contributed by atoms with Gasteiger partial charge in [0.1, 0.15) is 0 Å². The van der Waals surface area contributed by atoms with Gasteiger partial charge in [0.2, 0.25) is 0 Å². The van der Waals surface area contributed by atoms with Crippen LogP contribution in [0.1, 0.15) is 43.9 Å². The average Bonchev–Trinajstić information content (AvgIpc) is 2.62. The molecule has 0 radical (unpaired) electrons. The highest BCUT2D eigenvalue weighted by Crippen LogP contribution is 2.22. The summed E-state index contributed by atoms with van der Waals surface area (Å²) in [4.78, 5) is 0. The molecule has 0 nitrogen and oxygen atoms in total. The van der Waals surface area contributed by atoms with E-state index in [0.717, 1.165) is 6.42 Å². The monoisotopic (exact) mass is 334 g/mol. The van der Waals surface area contributed by atoms with Crippen LogP contribution in [0.5, 0.6) is 0 Å². The minimum Gasteiger partial charge on any atom is -0.101 e. The summed E-state index contributed by atoms with van der Waals surface area (Å²) in [6.07, 6.45) is 9.92. The van der Waals surface area contributed by atoms with Crippen molar-refractivity contribution < 1.29 is 0 Å². The van der Waals surface area contributed by atoms with Gasteiger partial charge < -0.3 is 0 Å². The van der Waals surface area contributed by atoms with Gasteiger partial charge in [-0.15, -0.1) is 8.20 Å². The lowest BCUT2D eigenvalue weighted by atomic mass is 9.98. The predicted molar refractivity (Wildman–Crippen MR) is 111 cm³/mol. The summed E-state index contributed by atoms with van der Waals surface area (Å²) in [5, 5.41) is 1.45. The molecular weight excluding hydrogens is 307 g/mol. The highest BCUT2D eigenvalue weighted by molar-refractivity contribution is 7.42. The number of hydrogen-bond donors (Lipinski definition) is 0. The highest BCUT2D eigenvalue weighted by atomic mass is 31.1. The molecule has 0 aliphatic rings. The van der Waals surface area contributed by atoms with Crippen LogP contribution in [0, 0.1) is 0 Å². The molecule has 0 N–H and O–H groups in total. The molecule has 0 aliphatic heterocycles. The van der Waals surface area contributed by atoms with Gasteiger partial charge in [0, 0.05) is 0 Å². The molecule has 0 saturated carbocycles. The Morgan fingerprint density at radius 2 is 1.62 bits per heavy atom. The van der Waals surface area contributed by atoms with Gasteiger partial charge in [-0.05, 0) is 60.4 Å². The molecule has 0 unspecified atom stereocenters. The van der Waals surface area contributed by atoms with Crippen molar-refractivity contribution in [1.29, 1.82) is 0 Å². The summed E-state index contributed by atoms with van der Waals surface area (Å²) in [6, 6.07) is 19.7. The van der Waals surface area contributed by atoms with Crippen LogP contribution < -0.4 is 0 Å². The molecule has 0 spiro atoms. The predicted octanol–water partition coefficient (Wildman–Crippen LogP) is 6.79. The Hall–Kier alpha value is -1.91. The second kappa shape index (κ2) is 10.1. The quantitative estimate of drug-likeness (QED) is 0.386. The number of hydrogen-bond acceptors (Lipinski definition) is 0. The van der Waals surface area contributed by atoms with Crippen LogP contribution in [0.2, 0.25) is 0 Å².